The fraction of sp³-hybridized carbons (Fsp3) is 0.148. The third-order valence-electron chi connectivity index (χ3n) is 5.81. The maximum Gasteiger partial charge on any atom is 0.229 e. The maximum atomic E-state index is 12.8. The summed E-state index contributed by atoms with van der Waals surface area (Å²) in [6.45, 7) is 2.38. The number of rotatable bonds is 5. The molecule has 1 aromatic heterocycles. The first-order valence-corrected chi connectivity index (χ1v) is 10.9. The summed E-state index contributed by atoms with van der Waals surface area (Å²) in [5.74, 6) is -0.0684. The van der Waals surface area contributed by atoms with Gasteiger partial charge >= 0.3 is 0 Å². The molecule has 0 spiro atoms. The lowest BCUT2D eigenvalue weighted by molar-refractivity contribution is -0.122. The molecule has 6 heteroatoms. The van der Waals surface area contributed by atoms with Crippen LogP contribution in [0.3, 0.4) is 0 Å². The van der Waals surface area contributed by atoms with E-state index in [1.54, 1.807) is 11.2 Å². The van der Waals surface area contributed by atoms with E-state index in [1.807, 2.05) is 85.8 Å². The van der Waals surface area contributed by atoms with Gasteiger partial charge in [-0.15, -0.1) is 0 Å². The molecule has 0 saturated carbocycles. The van der Waals surface area contributed by atoms with Crippen LogP contribution < -0.4 is 10.2 Å². The first-order valence-electron chi connectivity index (χ1n) is 10.9. The molecule has 33 heavy (non-hydrogen) atoms. The van der Waals surface area contributed by atoms with Gasteiger partial charge in [0.05, 0.1) is 5.92 Å². The molecule has 2 heterocycles. The Bertz CT molecular complexity index is 1280. The van der Waals surface area contributed by atoms with Crippen LogP contribution in [0.2, 0.25) is 0 Å². The van der Waals surface area contributed by atoms with Crippen molar-refractivity contribution in [1.29, 1.82) is 0 Å². The predicted octanol–water partition coefficient (Wildman–Crippen LogP) is 5.31. The molecule has 1 saturated heterocycles. The van der Waals surface area contributed by atoms with Crippen molar-refractivity contribution < 1.29 is 14.0 Å². The van der Waals surface area contributed by atoms with Crippen molar-refractivity contribution >= 4 is 23.2 Å². The van der Waals surface area contributed by atoms with Crippen molar-refractivity contribution in [3.05, 3.63) is 90.7 Å². The standard InChI is InChI=1S/C27H23N3O3/c1-18-7-13-23(14-8-18)30-16-21(15-25(30)31)26(32)28-22-11-9-20(10-12-22)27-29-24(17-33-27)19-5-3-2-4-6-19/h2-14,17,21H,15-16H2,1H3,(H,28,32)/t21-/m1/s1. The zero-order valence-corrected chi connectivity index (χ0v) is 18.2. The van der Waals surface area contributed by atoms with Crippen molar-refractivity contribution in [2.75, 3.05) is 16.8 Å². The van der Waals surface area contributed by atoms with E-state index in [2.05, 4.69) is 10.3 Å². The SMILES string of the molecule is Cc1ccc(N2C[C@H](C(=O)Nc3ccc(-c4nc(-c5ccccc5)co4)cc3)CC2=O)cc1. The van der Waals surface area contributed by atoms with Crippen LogP contribution in [0.1, 0.15) is 12.0 Å². The molecular weight excluding hydrogens is 414 g/mol. The third-order valence-corrected chi connectivity index (χ3v) is 5.81. The van der Waals surface area contributed by atoms with Crippen LogP contribution in [0, 0.1) is 12.8 Å². The Morgan fingerprint density at radius 2 is 1.70 bits per heavy atom. The lowest BCUT2D eigenvalue weighted by Gasteiger charge is -2.17. The second kappa shape index (κ2) is 8.74. The van der Waals surface area contributed by atoms with Gasteiger partial charge in [-0.05, 0) is 43.3 Å². The number of nitrogens with one attached hydrogen (secondary N) is 1. The summed E-state index contributed by atoms with van der Waals surface area (Å²) in [6.07, 6.45) is 1.84. The first-order chi connectivity index (χ1) is 16.1. The smallest absolute Gasteiger partial charge is 0.229 e. The molecule has 1 atom stereocenters. The molecule has 0 radical (unpaired) electrons. The Hall–Kier alpha value is -4.19. The minimum Gasteiger partial charge on any atom is -0.444 e. The summed E-state index contributed by atoms with van der Waals surface area (Å²) in [6, 6.07) is 24.9. The molecule has 3 aromatic carbocycles. The molecular formula is C27H23N3O3. The zero-order valence-electron chi connectivity index (χ0n) is 18.2. The molecule has 4 aromatic rings. The highest BCUT2D eigenvalue weighted by atomic mass is 16.3. The summed E-state index contributed by atoms with van der Waals surface area (Å²) in [5.41, 5.74) is 5.20. The fourth-order valence-electron chi connectivity index (χ4n) is 3.95. The Kier molecular flexibility index (Phi) is 5.48. The van der Waals surface area contributed by atoms with Gasteiger partial charge in [0.25, 0.3) is 0 Å². The molecule has 1 fully saturated rings. The third kappa shape index (κ3) is 4.41. The summed E-state index contributed by atoms with van der Waals surface area (Å²) in [5, 5.41) is 2.93. The van der Waals surface area contributed by atoms with Gasteiger partial charge in [0, 0.05) is 35.5 Å². The van der Waals surface area contributed by atoms with E-state index < -0.39 is 5.92 Å². The number of aromatic nitrogens is 1. The number of carbonyl (C=O) groups is 2. The van der Waals surface area contributed by atoms with Gasteiger partial charge in [-0.1, -0.05) is 48.0 Å². The van der Waals surface area contributed by atoms with Crippen LogP contribution in [0.5, 0.6) is 0 Å². The molecule has 1 aliphatic rings. The Morgan fingerprint density at radius 3 is 2.42 bits per heavy atom. The van der Waals surface area contributed by atoms with E-state index in [0.29, 0.717) is 18.1 Å². The summed E-state index contributed by atoms with van der Waals surface area (Å²) >= 11 is 0. The van der Waals surface area contributed by atoms with Crippen LogP contribution in [0.15, 0.2) is 89.5 Å². The van der Waals surface area contributed by atoms with Crippen molar-refractivity contribution in [3.8, 4) is 22.7 Å². The molecule has 0 unspecified atom stereocenters. The molecule has 1 N–H and O–H groups in total. The van der Waals surface area contributed by atoms with E-state index in [-0.39, 0.29) is 18.2 Å². The summed E-state index contributed by atoms with van der Waals surface area (Å²) in [4.78, 5) is 31.5. The summed E-state index contributed by atoms with van der Waals surface area (Å²) < 4.78 is 5.64. The molecule has 5 rings (SSSR count). The molecule has 0 bridgehead atoms. The number of anilines is 2. The predicted molar refractivity (Wildman–Crippen MR) is 128 cm³/mol. The lowest BCUT2D eigenvalue weighted by Crippen LogP contribution is -2.28. The van der Waals surface area contributed by atoms with Gasteiger partial charge in [-0.2, -0.15) is 0 Å². The first kappa shape index (κ1) is 20.7. The number of amides is 2. The average Bonchev–Trinajstić information content (AvgIpc) is 3.48. The van der Waals surface area contributed by atoms with Crippen LogP contribution in [0.25, 0.3) is 22.7 Å². The lowest BCUT2D eigenvalue weighted by atomic mass is 10.1. The molecule has 6 nitrogen and oxygen atoms in total. The Labute approximate surface area is 191 Å². The van der Waals surface area contributed by atoms with E-state index in [0.717, 1.165) is 28.1 Å². The van der Waals surface area contributed by atoms with Crippen LogP contribution >= 0.6 is 0 Å². The second-order valence-electron chi connectivity index (χ2n) is 8.21. The van der Waals surface area contributed by atoms with E-state index in [4.69, 9.17) is 4.42 Å². The number of carbonyl (C=O) groups excluding carboxylic acids is 2. The van der Waals surface area contributed by atoms with Crippen molar-refractivity contribution in [3.63, 3.8) is 0 Å². The fourth-order valence-corrected chi connectivity index (χ4v) is 3.95. The minimum absolute atomic E-state index is 0.0348. The quantitative estimate of drug-likeness (QED) is 0.459. The highest BCUT2D eigenvalue weighted by Crippen LogP contribution is 2.28. The van der Waals surface area contributed by atoms with Gasteiger partial charge in [-0.3, -0.25) is 9.59 Å². The highest BCUT2D eigenvalue weighted by Gasteiger charge is 2.35. The van der Waals surface area contributed by atoms with Crippen molar-refractivity contribution in [1.82, 2.24) is 4.98 Å². The number of benzene rings is 3. The van der Waals surface area contributed by atoms with E-state index >= 15 is 0 Å². The number of oxazole rings is 1. The van der Waals surface area contributed by atoms with Gasteiger partial charge in [0.2, 0.25) is 17.7 Å². The highest BCUT2D eigenvalue weighted by molar-refractivity contribution is 6.03. The molecule has 2 amide bonds. The number of nitrogens with zero attached hydrogens (tertiary/aromatic N) is 2. The number of hydrogen-bond donors (Lipinski definition) is 1. The van der Waals surface area contributed by atoms with Crippen LogP contribution in [-0.2, 0) is 9.59 Å². The maximum absolute atomic E-state index is 12.8. The van der Waals surface area contributed by atoms with Crippen molar-refractivity contribution in [2.45, 2.75) is 13.3 Å². The molecule has 1 aliphatic heterocycles. The Balaban J connectivity index is 1.23. The van der Waals surface area contributed by atoms with Gasteiger partial charge in [-0.25, -0.2) is 4.98 Å². The average molecular weight is 437 g/mol. The summed E-state index contributed by atoms with van der Waals surface area (Å²) in [7, 11) is 0. The monoisotopic (exact) mass is 437 g/mol. The van der Waals surface area contributed by atoms with Crippen LogP contribution in [0.4, 0.5) is 11.4 Å². The van der Waals surface area contributed by atoms with E-state index in [1.165, 1.54) is 0 Å². The van der Waals surface area contributed by atoms with Crippen LogP contribution in [-0.4, -0.2) is 23.3 Å². The Morgan fingerprint density at radius 1 is 0.970 bits per heavy atom. The second-order valence-corrected chi connectivity index (χ2v) is 8.21. The number of aryl methyl sites for hydroxylation is 1. The molecule has 164 valence electrons. The van der Waals surface area contributed by atoms with Gasteiger partial charge < -0.3 is 14.6 Å². The minimum atomic E-state index is -0.390. The van der Waals surface area contributed by atoms with Gasteiger partial charge in [0.15, 0.2) is 0 Å². The van der Waals surface area contributed by atoms with E-state index in [9.17, 15) is 9.59 Å². The zero-order chi connectivity index (χ0) is 22.8. The van der Waals surface area contributed by atoms with Gasteiger partial charge in [0.1, 0.15) is 12.0 Å². The molecule has 0 aliphatic carbocycles. The van der Waals surface area contributed by atoms with Crippen molar-refractivity contribution in [2.24, 2.45) is 5.92 Å². The number of hydrogen-bond acceptors (Lipinski definition) is 4. The normalized spacial score (nSPS) is 15.6. The topological polar surface area (TPSA) is 75.4 Å². The largest absolute Gasteiger partial charge is 0.444 e.